The smallest absolute Gasteiger partial charge is 0.266 e. The minimum atomic E-state index is -0.513. The van der Waals surface area contributed by atoms with Gasteiger partial charge in [0, 0.05) is 20.3 Å². The molecule has 0 aliphatic carbocycles. The number of nitrogens with zero attached hydrogens (tertiary/aromatic N) is 1. The lowest BCUT2D eigenvalue weighted by Crippen LogP contribution is -2.61. The summed E-state index contributed by atoms with van der Waals surface area (Å²) in [7, 11) is 3.34. The van der Waals surface area contributed by atoms with Gasteiger partial charge in [-0.05, 0) is 49.1 Å². The van der Waals surface area contributed by atoms with Gasteiger partial charge in [-0.1, -0.05) is 30.3 Å². The Kier molecular flexibility index (Phi) is 6.35. The summed E-state index contributed by atoms with van der Waals surface area (Å²) < 4.78 is 16.6. The predicted molar refractivity (Wildman–Crippen MR) is 104 cm³/mol. The largest absolute Gasteiger partial charge is 0.497 e. The van der Waals surface area contributed by atoms with Crippen LogP contribution < -0.4 is 9.47 Å². The van der Waals surface area contributed by atoms with Crippen LogP contribution in [0.1, 0.15) is 30.0 Å². The fraction of sp³-hybridized carbons (Fsp3) is 0.409. The Labute approximate surface area is 160 Å². The summed E-state index contributed by atoms with van der Waals surface area (Å²) in [6.07, 6.45) is 1.31. The average Bonchev–Trinajstić information content (AvgIpc) is 2.70. The highest BCUT2D eigenvalue weighted by atomic mass is 16.5. The third-order valence-electron chi connectivity index (χ3n) is 4.93. The second kappa shape index (κ2) is 8.91. The molecular formula is C22H27NO4. The van der Waals surface area contributed by atoms with Crippen LogP contribution in [0.5, 0.6) is 11.5 Å². The monoisotopic (exact) mass is 369 g/mol. The number of likely N-dealkylation sites (tertiary alicyclic amines) is 1. The molecule has 5 heteroatoms. The fourth-order valence-corrected chi connectivity index (χ4v) is 3.42. The number of aryl methyl sites for hydroxylation is 1. The molecule has 0 bridgehead atoms. The van der Waals surface area contributed by atoms with E-state index in [9.17, 15) is 4.79 Å². The summed E-state index contributed by atoms with van der Waals surface area (Å²) in [6, 6.07) is 15.5. The van der Waals surface area contributed by atoms with Crippen LogP contribution in [0.15, 0.2) is 48.5 Å². The van der Waals surface area contributed by atoms with Gasteiger partial charge in [0.1, 0.15) is 17.5 Å². The maximum absolute atomic E-state index is 12.8. The van der Waals surface area contributed by atoms with Crippen molar-refractivity contribution in [3.63, 3.8) is 0 Å². The zero-order valence-corrected chi connectivity index (χ0v) is 16.2. The number of benzene rings is 2. The van der Waals surface area contributed by atoms with E-state index in [0.717, 1.165) is 35.5 Å². The van der Waals surface area contributed by atoms with E-state index in [1.165, 1.54) is 0 Å². The number of carbonyl (C=O) groups is 1. The SMILES string of the molecule is COCCCCN1C(=O)[C@H](Oc2ccccc2C)[C@@H]1c1cccc(OC)c1. The number of hydrogen-bond donors (Lipinski definition) is 0. The Bertz CT molecular complexity index is 776. The molecular weight excluding hydrogens is 342 g/mol. The van der Waals surface area contributed by atoms with Crippen molar-refractivity contribution in [1.82, 2.24) is 4.90 Å². The Morgan fingerprint density at radius 3 is 2.59 bits per heavy atom. The zero-order chi connectivity index (χ0) is 19.2. The third kappa shape index (κ3) is 4.25. The maximum atomic E-state index is 12.8. The van der Waals surface area contributed by atoms with Crippen LogP contribution in [0.4, 0.5) is 0 Å². The number of ether oxygens (including phenoxy) is 3. The molecule has 0 unspecified atom stereocenters. The molecule has 0 N–H and O–H groups in total. The summed E-state index contributed by atoms with van der Waals surface area (Å²) in [6.45, 7) is 3.38. The fourth-order valence-electron chi connectivity index (χ4n) is 3.42. The lowest BCUT2D eigenvalue weighted by molar-refractivity contribution is -0.164. The molecule has 1 aliphatic heterocycles. The van der Waals surface area contributed by atoms with Crippen LogP contribution in [0.3, 0.4) is 0 Å². The molecule has 5 nitrogen and oxygen atoms in total. The second-order valence-corrected chi connectivity index (χ2v) is 6.76. The first kappa shape index (κ1) is 19.2. The topological polar surface area (TPSA) is 48.0 Å². The van der Waals surface area contributed by atoms with Crippen LogP contribution in [0.25, 0.3) is 0 Å². The lowest BCUT2D eigenvalue weighted by Gasteiger charge is -2.47. The number of carbonyl (C=O) groups excluding carboxylic acids is 1. The van der Waals surface area contributed by atoms with Gasteiger partial charge in [-0.2, -0.15) is 0 Å². The first-order valence-electron chi connectivity index (χ1n) is 9.31. The van der Waals surface area contributed by atoms with Crippen LogP contribution >= 0.6 is 0 Å². The number of unbranched alkanes of at least 4 members (excludes halogenated alkanes) is 1. The minimum absolute atomic E-state index is 0.0310. The van der Waals surface area contributed by atoms with Gasteiger partial charge in [-0.3, -0.25) is 4.79 Å². The first-order chi connectivity index (χ1) is 13.2. The highest BCUT2D eigenvalue weighted by molar-refractivity contribution is 5.89. The average molecular weight is 369 g/mol. The van der Waals surface area contributed by atoms with E-state index in [4.69, 9.17) is 14.2 Å². The third-order valence-corrected chi connectivity index (χ3v) is 4.93. The van der Waals surface area contributed by atoms with Crippen molar-refractivity contribution in [2.75, 3.05) is 27.4 Å². The van der Waals surface area contributed by atoms with E-state index >= 15 is 0 Å². The molecule has 1 heterocycles. The molecule has 1 amide bonds. The van der Waals surface area contributed by atoms with Gasteiger partial charge in [0.25, 0.3) is 5.91 Å². The summed E-state index contributed by atoms with van der Waals surface area (Å²) in [5.74, 6) is 1.56. The molecule has 144 valence electrons. The van der Waals surface area contributed by atoms with Crippen LogP contribution in [0.2, 0.25) is 0 Å². The normalized spacial score (nSPS) is 18.9. The number of hydrogen-bond acceptors (Lipinski definition) is 4. The summed E-state index contributed by atoms with van der Waals surface area (Å²) in [5.41, 5.74) is 2.05. The van der Waals surface area contributed by atoms with Crippen LogP contribution in [-0.2, 0) is 9.53 Å². The first-order valence-corrected chi connectivity index (χ1v) is 9.31. The van der Waals surface area contributed by atoms with E-state index in [1.807, 2.05) is 60.4 Å². The molecule has 2 aromatic carbocycles. The van der Waals surface area contributed by atoms with Crippen molar-refractivity contribution in [3.05, 3.63) is 59.7 Å². The van der Waals surface area contributed by atoms with E-state index in [-0.39, 0.29) is 11.9 Å². The molecule has 27 heavy (non-hydrogen) atoms. The molecule has 1 saturated heterocycles. The van der Waals surface area contributed by atoms with Crippen molar-refractivity contribution in [2.24, 2.45) is 0 Å². The summed E-state index contributed by atoms with van der Waals surface area (Å²) >= 11 is 0. The molecule has 0 spiro atoms. The van der Waals surface area contributed by atoms with Gasteiger partial charge in [-0.25, -0.2) is 0 Å². The Balaban J connectivity index is 1.80. The second-order valence-electron chi connectivity index (χ2n) is 6.76. The molecule has 0 aromatic heterocycles. The zero-order valence-electron chi connectivity index (χ0n) is 16.2. The molecule has 0 radical (unpaired) electrons. The van der Waals surface area contributed by atoms with Crippen LogP contribution in [-0.4, -0.2) is 44.3 Å². The Morgan fingerprint density at radius 2 is 1.85 bits per heavy atom. The van der Waals surface area contributed by atoms with Crippen molar-refractivity contribution in [3.8, 4) is 11.5 Å². The van der Waals surface area contributed by atoms with E-state index in [2.05, 4.69) is 0 Å². The highest BCUT2D eigenvalue weighted by Crippen LogP contribution is 2.39. The quantitative estimate of drug-likeness (QED) is 0.499. The number of para-hydroxylation sites is 1. The van der Waals surface area contributed by atoms with Crippen molar-refractivity contribution in [1.29, 1.82) is 0 Å². The van der Waals surface area contributed by atoms with Crippen molar-refractivity contribution in [2.45, 2.75) is 31.9 Å². The van der Waals surface area contributed by atoms with Crippen molar-refractivity contribution >= 4 is 5.91 Å². The standard InChI is InChI=1S/C22H27NO4/c1-16-9-4-5-12-19(16)27-21-20(17-10-8-11-18(15-17)26-3)23(22(21)24)13-6-7-14-25-2/h4-5,8-12,15,20-21H,6-7,13-14H2,1-3H3/t20-,21+/m0/s1. The van der Waals surface area contributed by atoms with Gasteiger partial charge in [-0.15, -0.1) is 0 Å². The molecule has 0 saturated carbocycles. The maximum Gasteiger partial charge on any atom is 0.266 e. The van der Waals surface area contributed by atoms with Gasteiger partial charge in [0.2, 0.25) is 6.10 Å². The Hall–Kier alpha value is -2.53. The number of amides is 1. The number of β-lactam (4-membered cyclic amide) rings is 1. The molecule has 3 rings (SSSR count). The highest BCUT2D eigenvalue weighted by Gasteiger charge is 2.49. The van der Waals surface area contributed by atoms with E-state index < -0.39 is 6.10 Å². The van der Waals surface area contributed by atoms with E-state index in [1.54, 1.807) is 14.2 Å². The van der Waals surface area contributed by atoms with E-state index in [0.29, 0.717) is 13.2 Å². The van der Waals surface area contributed by atoms with Gasteiger partial charge in [0.05, 0.1) is 7.11 Å². The number of rotatable bonds is 9. The minimum Gasteiger partial charge on any atom is -0.497 e. The Morgan fingerprint density at radius 1 is 1.04 bits per heavy atom. The summed E-state index contributed by atoms with van der Waals surface area (Å²) in [5, 5.41) is 0. The lowest BCUT2D eigenvalue weighted by atomic mass is 9.90. The van der Waals surface area contributed by atoms with Gasteiger partial charge >= 0.3 is 0 Å². The molecule has 2 atom stereocenters. The van der Waals surface area contributed by atoms with Gasteiger partial charge < -0.3 is 19.1 Å². The molecule has 1 aliphatic rings. The summed E-state index contributed by atoms with van der Waals surface area (Å²) in [4.78, 5) is 14.7. The van der Waals surface area contributed by atoms with Crippen molar-refractivity contribution < 1.29 is 19.0 Å². The number of methoxy groups -OCH3 is 2. The molecule has 1 fully saturated rings. The van der Waals surface area contributed by atoms with Crippen LogP contribution in [0, 0.1) is 6.92 Å². The molecule has 2 aromatic rings. The van der Waals surface area contributed by atoms with Gasteiger partial charge in [0.15, 0.2) is 0 Å². The predicted octanol–water partition coefficient (Wildman–Crippen LogP) is 3.76.